The van der Waals surface area contributed by atoms with E-state index in [1.807, 2.05) is 0 Å². The molecule has 0 N–H and O–H groups in total. The molecule has 0 radical (unpaired) electrons. The zero-order valence-corrected chi connectivity index (χ0v) is 15.1. The summed E-state index contributed by atoms with van der Waals surface area (Å²) in [6.07, 6.45) is -10.8. The monoisotopic (exact) mass is 427 g/mol. The van der Waals surface area contributed by atoms with E-state index in [2.05, 4.69) is 4.74 Å². The lowest BCUT2D eigenvalue weighted by Crippen LogP contribution is -2.64. The Hall–Kier alpha value is -2.72. The van der Waals surface area contributed by atoms with Gasteiger partial charge < -0.3 is 14.4 Å². The third-order valence-corrected chi connectivity index (χ3v) is 4.30. The van der Waals surface area contributed by atoms with Crippen molar-refractivity contribution >= 4 is 5.97 Å². The van der Waals surface area contributed by atoms with E-state index in [0.29, 0.717) is 29.0 Å². The van der Waals surface area contributed by atoms with Crippen LogP contribution in [0.1, 0.15) is 5.56 Å². The number of nitrogens with zero attached hydrogens (tertiary/aromatic N) is 1. The van der Waals surface area contributed by atoms with Gasteiger partial charge in [-0.15, -0.1) is 0 Å². The van der Waals surface area contributed by atoms with Crippen molar-refractivity contribution in [2.45, 2.75) is 30.6 Å². The highest BCUT2D eigenvalue weighted by Gasteiger charge is 2.76. The predicted octanol–water partition coefficient (Wildman–Crippen LogP) is 4.33. The number of methoxy groups -OCH3 is 2. The summed E-state index contributed by atoms with van der Waals surface area (Å²) in [7, 11) is 2.36. The van der Waals surface area contributed by atoms with Crippen molar-refractivity contribution in [3.8, 4) is 5.75 Å². The van der Waals surface area contributed by atoms with Gasteiger partial charge in [-0.1, -0.05) is 18.2 Å². The van der Waals surface area contributed by atoms with Crippen LogP contribution in [0.3, 0.4) is 0 Å². The van der Waals surface area contributed by atoms with E-state index in [4.69, 9.17) is 4.74 Å². The van der Waals surface area contributed by atoms with E-state index in [1.165, 1.54) is 31.4 Å². The highest BCUT2D eigenvalue weighted by Crippen LogP contribution is 2.51. The maximum Gasteiger partial charge on any atom is 0.434 e. The van der Waals surface area contributed by atoms with E-state index in [0.717, 1.165) is 7.11 Å². The van der Waals surface area contributed by atoms with Crippen LogP contribution in [0, 0.1) is 0 Å². The van der Waals surface area contributed by atoms with Gasteiger partial charge >= 0.3 is 24.0 Å². The minimum Gasteiger partial charge on any atom is -0.497 e. The molecule has 0 aliphatic carbocycles. The summed E-state index contributed by atoms with van der Waals surface area (Å²) in [5.41, 5.74) is -5.64. The molecule has 0 saturated carbocycles. The molecule has 4 nitrogen and oxygen atoms in total. The van der Waals surface area contributed by atoms with E-state index >= 15 is 0 Å². The van der Waals surface area contributed by atoms with Crippen molar-refractivity contribution in [1.82, 2.24) is 4.90 Å². The van der Waals surface area contributed by atoms with E-state index in [1.54, 1.807) is 0 Å². The highest BCUT2D eigenvalue weighted by molar-refractivity contribution is 5.91. The van der Waals surface area contributed by atoms with Gasteiger partial charge in [0.1, 0.15) is 11.8 Å². The van der Waals surface area contributed by atoms with Crippen molar-refractivity contribution in [3.05, 3.63) is 53.8 Å². The van der Waals surface area contributed by atoms with Crippen molar-refractivity contribution in [2.24, 2.45) is 0 Å². The molecule has 0 aromatic heterocycles. The number of hydrogen-bond donors (Lipinski definition) is 0. The zero-order valence-electron chi connectivity index (χ0n) is 15.1. The lowest BCUT2D eigenvalue weighted by Gasteiger charge is -2.42. The molecule has 0 bridgehead atoms. The van der Waals surface area contributed by atoms with Gasteiger partial charge in [-0.2, -0.15) is 26.3 Å². The van der Waals surface area contributed by atoms with E-state index in [-0.39, 0.29) is 11.1 Å². The maximum atomic E-state index is 14.7. The summed E-state index contributed by atoms with van der Waals surface area (Å²) in [5, 5.41) is 0. The Balaban J connectivity index is 2.52. The van der Waals surface area contributed by atoms with Crippen LogP contribution >= 0.6 is 0 Å². The zero-order chi connectivity index (χ0) is 22.0. The fourth-order valence-corrected chi connectivity index (χ4v) is 2.79. The molecule has 2 rings (SSSR count). The number of hydrogen-bond acceptors (Lipinski definition) is 4. The van der Waals surface area contributed by atoms with Gasteiger partial charge in [0.15, 0.2) is 0 Å². The number of halogens is 7. The average molecular weight is 427 g/mol. The lowest BCUT2D eigenvalue weighted by molar-refractivity contribution is -0.352. The van der Waals surface area contributed by atoms with Crippen LogP contribution in [0.2, 0.25) is 0 Å². The fraction of sp³-hybridized carbons (Fsp3) is 0.389. The number of alkyl halides is 7. The van der Waals surface area contributed by atoms with Gasteiger partial charge in [0.05, 0.1) is 19.8 Å². The Morgan fingerprint density at radius 2 is 1.55 bits per heavy atom. The van der Waals surface area contributed by atoms with E-state index < -0.39 is 36.6 Å². The molecule has 1 aliphatic heterocycles. The summed E-state index contributed by atoms with van der Waals surface area (Å²) in [6, 6.07) is 2.86. The van der Waals surface area contributed by atoms with Crippen LogP contribution in [-0.2, 0) is 16.1 Å². The number of benzene rings is 1. The van der Waals surface area contributed by atoms with Crippen LogP contribution in [0.15, 0.2) is 48.2 Å². The minimum absolute atomic E-state index is 0.262. The summed E-state index contributed by atoms with van der Waals surface area (Å²) in [6.45, 7) is -0.544. The summed E-state index contributed by atoms with van der Waals surface area (Å²) < 4.78 is 103. The Kier molecular flexibility index (Phi) is 6.19. The second-order valence-electron chi connectivity index (χ2n) is 6.11. The van der Waals surface area contributed by atoms with Crippen molar-refractivity contribution in [1.29, 1.82) is 0 Å². The maximum absolute atomic E-state index is 14.7. The molecule has 0 saturated heterocycles. The molecule has 1 aromatic carbocycles. The molecule has 0 amide bonds. The van der Waals surface area contributed by atoms with Crippen molar-refractivity contribution in [2.75, 3.05) is 14.2 Å². The number of esters is 1. The molecular formula is C18H16F7NO3. The first-order valence-corrected chi connectivity index (χ1v) is 8.04. The smallest absolute Gasteiger partial charge is 0.434 e. The Morgan fingerprint density at radius 1 is 1.00 bits per heavy atom. The van der Waals surface area contributed by atoms with Crippen LogP contribution in [0.5, 0.6) is 5.75 Å². The second-order valence-corrected chi connectivity index (χ2v) is 6.11. The van der Waals surface area contributed by atoms with Gasteiger partial charge in [0.25, 0.3) is 0 Å². The van der Waals surface area contributed by atoms with Crippen molar-refractivity contribution < 1.29 is 45.0 Å². The highest BCUT2D eigenvalue weighted by atomic mass is 19.4. The predicted molar refractivity (Wildman–Crippen MR) is 87.5 cm³/mol. The minimum atomic E-state index is -6.25. The first-order chi connectivity index (χ1) is 13.3. The fourth-order valence-electron chi connectivity index (χ4n) is 2.79. The Morgan fingerprint density at radius 3 is 2.00 bits per heavy atom. The standard InChI is InChI=1S/C18H16F7NO3/c1-28-13-6-3-11(4-7-13)9-26-10-12(15(27)29-2)5-8-14(26)16(19,17(20,21)22)18(23,24)25/h3-8,10,14H,9H2,1-2H3. The second kappa shape index (κ2) is 7.96. The summed E-state index contributed by atoms with van der Waals surface area (Å²) in [4.78, 5) is 12.1. The number of rotatable bonds is 5. The number of carbonyl (C=O) groups is 1. The largest absolute Gasteiger partial charge is 0.497 e. The SMILES string of the molecule is COC(=O)C1=CN(Cc2ccc(OC)cc2)C(C(F)(C(F)(F)F)C(F)(F)F)C=C1. The molecule has 0 spiro atoms. The quantitative estimate of drug-likeness (QED) is 0.518. The third-order valence-electron chi connectivity index (χ3n) is 4.30. The van der Waals surface area contributed by atoms with Gasteiger partial charge in [-0.3, -0.25) is 0 Å². The number of carbonyl (C=O) groups excluding carboxylic acids is 1. The summed E-state index contributed by atoms with van der Waals surface area (Å²) >= 11 is 0. The molecule has 1 unspecified atom stereocenters. The van der Waals surface area contributed by atoms with Crippen LogP contribution in [-0.4, -0.2) is 49.2 Å². The molecule has 160 valence electrons. The van der Waals surface area contributed by atoms with Crippen LogP contribution < -0.4 is 4.74 Å². The molecule has 29 heavy (non-hydrogen) atoms. The molecular weight excluding hydrogens is 411 g/mol. The van der Waals surface area contributed by atoms with Gasteiger partial charge in [0, 0.05) is 12.7 Å². The third kappa shape index (κ3) is 4.33. The molecule has 0 fully saturated rings. The topological polar surface area (TPSA) is 38.8 Å². The molecule has 1 aromatic rings. The molecule has 1 heterocycles. The van der Waals surface area contributed by atoms with Crippen LogP contribution in [0.4, 0.5) is 30.7 Å². The first kappa shape index (κ1) is 22.6. The Bertz CT molecular complexity index is 783. The normalized spacial score (nSPS) is 17.8. The molecule has 1 atom stereocenters. The van der Waals surface area contributed by atoms with Crippen LogP contribution in [0.25, 0.3) is 0 Å². The first-order valence-electron chi connectivity index (χ1n) is 8.04. The average Bonchev–Trinajstić information content (AvgIpc) is 2.65. The number of ether oxygens (including phenoxy) is 2. The lowest BCUT2D eigenvalue weighted by atomic mass is 9.90. The Labute approximate surface area is 161 Å². The van der Waals surface area contributed by atoms with Gasteiger partial charge in [0.2, 0.25) is 0 Å². The molecule has 1 aliphatic rings. The molecule has 11 heteroatoms. The van der Waals surface area contributed by atoms with E-state index in [9.17, 15) is 35.5 Å². The summed E-state index contributed by atoms with van der Waals surface area (Å²) in [5.74, 6) is -0.594. The van der Waals surface area contributed by atoms with Gasteiger partial charge in [-0.25, -0.2) is 9.18 Å². The van der Waals surface area contributed by atoms with Crippen molar-refractivity contribution in [3.63, 3.8) is 0 Å². The van der Waals surface area contributed by atoms with Gasteiger partial charge in [-0.05, 0) is 23.8 Å².